The predicted molar refractivity (Wildman–Crippen MR) is 225 cm³/mol. The fourth-order valence-corrected chi connectivity index (χ4v) is 6.20. The Bertz CT molecular complexity index is 1130. The maximum atomic E-state index is 12.6. The van der Waals surface area contributed by atoms with Gasteiger partial charge in [0.25, 0.3) is 0 Å². The number of allylic oxidation sites excluding steroid dienone is 9. The molecule has 0 heterocycles. The monoisotopic (exact) mass is 813 g/mol. The number of hydrogen-bond acceptors (Lipinski definition) is 10. The van der Waals surface area contributed by atoms with E-state index >= 15 is 0 Å². The van der Waals surface area contributed by atoms with E-state index in [4.69, 9.17) is 19.1 Å². The normalized spacial score (nSPS) is 15.0. The topological polar surface area (TPSA) is 169 Å². The van der Waals surface area contributed by atoms with E-state index in [1.54, 1.807) is 0 Å². The highest BCUT2D eigenvalue weighted by Crippen LogP contribution is 2.43. The van der Waals surface area contributed by atoms with Gasteiger partial charge in [-0.15, -0.1) is 0 Å². The highest BCUT2D eigenvalue weighted by atomic mass is 31.2. The molecule has 324 valence electrons. The molecule has 0 radical (unpaired) electrons. The second-order valence-corrected chi connectivity index (χ2v) is 15.6. The molecular weight excluding hydrogens is 735 g/mol. The van der Waals surface area contributed by atoms with Crippen molar-refractivity contribution >= 4 is 19.8 Å². The number of rotatable bonds is 39. The van der Waals surface area contributed by atoms with E-state index in [0.717, 1.165) is 64.2 Å². The van der Waals surface area contributed by atoms with Gasteiger partial charge < -0.3 is 29.7 Å². The van der Waals surface area contributed by atoms with Gasteiger partial charge in [-0.05, 0) is 77.0 Å². The van der Waals surface area contributed by atoms with Crippen LogP contribution in [0.5, 0.6) is 0 Å². The summed E-state index contributed by atoms with van der Waals surface area (Å²) in [6.07, 6.45) is 39.7. The van der Waals surface area contributed by atoms with Gasteiger partial charge in [-0.25, -0.2) is 4.57 Å². The first kappa shape index (κ1) is 53.6. The number of phosphoric ester groups is 1. The molecule has 0 aliphatic carbocycles. The average molecular weight is 813 g/mol. The largest absolute Gasteiger partial charge is 0.472 e. The fourth-order valence-electron chi connectivity index (χ4n) is 5.41. The molecule has 0 bridgehead atoms. The van der Waals surface area contributed by atoms with Crippen LogP contribution in [0.3, 0.4) is 0 Å². The van der Waals surface area contributed by atoms with E-state index in [1.807, 2.05) is 18.2 Å². The summed E-state index contributed by atoms with van der Waals surface area (Å²) in [5, 5.41) is 28.0. The van der Waals surface area contributed by atoms with Gasteiger partial charge in [-0.2, -0.15) is 0 Å². The van der Waals surface area contributed by atoms with Crippen molar-refractivity contribution in [2.24, 2.45) is 0 Å². The van der Waals surface area contributed by atoms with Crippen LogP contribution in [0.25, 0.3) is 0 Å². The molecule has 0 aromatic rings. The van der Waals surface area contributed by atoms with E-state index in [1.165, 1.54) is 44.9 Å². The van der Waals surface area contributed by atoms with Crippen LogP contribution in [0, 0.1) is 0 Å². The Morgan fingerprint density at radius 2 is 1.07 bits per heavy atom. The van der Waals surface area contributed by atoms with Crippen molar-refractivity contribution in [1.82, 2.24) is 0 Å². The standard InChI is InChI=1S/C44H77O11P/c1-3-5-6-7-8-9-10-11-12-15-19-22-25-28-31-35-44(49)55-42(39-54-56(50,51)53-37-41(47)36-45)38-52-43(48)34-30-27-24-21-18-16-13-14-17-20-23-26-29-33-40(46)32-4-2/h9-10,13,16-17,20-21,24,26,29,40-42,45-47H,3-8,11-12,14-15,18-19,22-23,25,27-28,30-39H2,1-2H3,(H,50,51)/b10-9-,16-13-,20-17-,24-21-,29-26-/t40?,41-,42+/m0/s1. The number of phosphoric acid groups is 1. The number of unbranched alkanes of at least 4 members (excludes halogenated alkanes) is 12. The number of ether oxygens (including phenoxy) is 2. The maximum Gasteiger partial charge on any atom is 0.472 e. The Morgan fingerprint density at radius 1 is 0.571 bits per heavy atom. The van der Waals surface area contributed by atoms with Crippen LogP contribution in [0.1, 0.15) is 162 Å². The molecule has 56 heavy (non-hydrogen) atoms. The summed E-state index contributed by atoms with van der Waals surface area (Å²) >= 11 is 0. The number of esters is 2. The van der Waals surface area contributed by atoms with E-state index in [0.29, 0.717) is 25.7 Å². The molecule has 11 nitrogen and oxygen atoms in total. The SMILES string of the molecule is CCCCCC/C=C\CCCCCCCCCC(=O)O[C@H](COC(=O)CCC/C=C\C/C=C\C/C=C\C/C=C\CC(O)CCC)COP(=O)(O)OC[C@@H](O)CO. The van der Waals surface area contributed by atoms with Crippen LogP contribution >= 0.6 is 7.82 Å². The Balaban J connectivity index is 4.43. The fraction of sp³-hybridized carbons (Fsp3) is 0.727. The van der Waals surface area contributed by atoms with Gasteiger partial charge in [0, 0.05) is 12.8 Å². The second-order valence-electron chi connectivity index (χ2n) is 14.2. The van der Waals surface area contributed by atoms with E-state index in [-0.39, 0.29) is 25.6 Å². The smallest absolute Gasteiger partial charge is 0.462 e. The summed E-state index contributed by atoms with van der Waals surface area (Å²) in [5.74, 6) is -1.02. The highest BCUT2D eigenvalue weighted by molar-refractivity contribution is 7.47. The van der Waals surface area contributed by atoms with E-state index in [9.17, 15) is 29.3 Å². The van der Waals surface area contributed by atoms with Gasteiger partial charge in [0.1, 0.15) is 12.7 Å². The van der Waals surface area contributed by atoms with Gasteiger partial charge in [0.2, 0.25) is 0 Å². The summed E-state index contributed by atoms with van der Waals surface area (Å²) < 4.78 is 32.6. The number of aliphatic hydroxyl groups is 3. The van der Waals surface area contributed by atoms with Crippen molar-refractivity contribution in [3.05, 3.63) is 60.8 Å². The summed E-state index contributed by atoms with van der Waals surface area (Å²) in [7, 11) is -4.64. The molecular formula is C44H77O11P. The van der Waals surface area contributed by atoms with Crippen molar-refractivity contribution in [2.45, 2.75) is 180 Å². The van der Waals surface area contributed by atoms with Crippen molar-refractivity contribution in [2.75, 3.05) is 26.4 Å². The molecule has 0 aliphatic heterocycles. The lowest BCUT2D eigenvalue weighted by Crippen LogP contribution is -2.29. The van der Waals surface area contributed by atoms with Gasteiger partial charge in [0.15, 0.2) is 6.10 Å². The van der Waals surface area contributed by atoms with Crippen LogP contribution < -0.4 is 0 Å². The average Bonchev–Trinajstić information content (AvgIpc) is 3.18. The first-order chi connectivity index (χ1) is 27.1. The highest BCUT2D eigenvalue weighted by Gasteiger charge is 2.27. The van der Waals surface area contributed by atoms with Crippen molar-refractivity contribution in [1.29, 1.82) is 0 Å². The molecule has 0 saturated carbocycles. The molecule has 0 fully saturated rings. The minimum Gasteiger partial charge on any atom is -0.462 e. The third kappa shape index (κ3) is 38.5. The molecule has 0 aliphatic rings. The summed E-state index contributed by atoms with van der Waals surface area (Å²) in [5.41, 5.74) is 0. The molecule has 0 aromatic carbocycles. The molecule has 0 amide bonds. The lowest BCUT2D eigenvalue weighted by atomic mass is 10.1. The number of aliphatic hydroxyl groups excluding tert-OH is 3. The van der Waals surface area contributed by atoms with Crippen LogP contribution in [-0.2, 0) is 32.7 Å². The lowest BCUT2D eigenvalue weighted by molar-refractivity contribution is -0.161. The van der Waals surface area contributed by atoms with Crippen LogP contribution in [0.15, 0.2) is 60.8 Å². The zero-order chi connectivity index (χ0) is 41.4. The molecule has 4 atom stereocenters. The summed E-state index contributed by atoms with van der Waals surface area (Å²) in [4.78, 5) is 34.9. The minimum absolute atomic E-state index is 0.148. The number of hydrogen-bond donors (Lipinski definition) is 4. The Labute approximate surface area is 338 Å². The first-order valence-electron chi connectivity index (χ1n) is 21.3. The van der Waals surface area contributed by atoms with Gasteiger partial charge in [-0.1, -0.05) is 132 Å². The molecule has 0 rings (SSSR count). The van der Waals surface area contributed by atoms with Gasteiger partial charge >= 0.3 is 19.8 Å². The quantitative estimate of drug-likeness (QED) is 0.0202. The maximum absolute atomic E-state index is 12.6. The molecule has 2 unspecified atom stereocenters. The van der Waals surface area contributed by atoms with Crippen molar-refractivity contribution < 1.29 is 52.9 Å². The molecule has 0 aromatic heterocycles. The van der Waals surface area contributed by atoms with Crippen LogP contribution in [-0.4, -0.2) is 76.9 Å². The summed E-state index contributed by atoms with van der Waals surface area (Å²) in [6, 6.07) is 0. The van der Waals surface area contributed by atoms with Gasteiger partial charge in [-0.3, -0.25) is 18.6 Å². The zero-order valence-corrected chi connectivity index (χ0v) is 35.6. The Morgan fingerprint density at radius 3 is 1.68 bits per heavy atom. The third-order valence-electron chi connectivity index (χ3n) is 8.70. The van der Waals surface area contributed by atoms with Gasteiger partial charge in [0.05, 0.1) is 25.9 Å². The zero-order valence-electron chi connectivity index (χ0n) is 34.7. The Kier molecular flexibility index (Phi) is 37.8. The number of carbonyl (C=O) groups excluding carboxylic acids is 2. The number of carbonyl (C=O) groups is 2. The predicted octanol–water partition coefficient (Wildman–Crippen LogP) is 10.1. The van der Waals surface area contributed by atoms with Crippen molar-refractivity contribution in [3.63, 3.8) is 0 Å². The first-order valence-corrected chi connectivity index (χ1v) is 22.8. The Hall–Kier alpha value is -2.37. The van der Waals surface area contributed by atoms with Crippen LogP contribution in [0.2, 0.25) is 0 Å². The minimum atomic E-state index is -4.64. The van der Waals surface area contributed by atoms with Crippen LogP contribution in [0.4, 0.5) is 0 Å². The van der Waals surface area contributed by atoms with Crippen molar-refractivity contribution in [3.8, 4) is 0 Å². The van der Waals surface area contributed by atoms with E-state index < -0.39 is 51.8 Å². The third-order valence-corrected chi connectivity index (χ3v) is 9.65. The molecule has 4 N–H and O–H groups in total. The molecule has 0 saturated heterocycles. The second kappa shape index (κ2) is 39.5. The lowest BCUT2D eigenvalue weighted by Gasteiger charge is -2.20. The van der Waals surface area contributed by atoms with E-state index in [2.05, 4.69) is 60.9 Å². The molecule has 12 heteroatoms. The molecule has 0 spiro atoms. The summed E-state index contributed by atoms with van der Waals surface area (Å²) in [6.45, 7) is 2.08.